The summed E-state index contributed by atoms with van der Waals surface area (Å²) in [7, 11) is 0. The summed E-state index contributed by atoms with van der Waals surface area (Å²) in [5, 5.41) is 0. The molecule has 0 spiro atoms. The lowest BCUT2D eigenvalue weighted by Gasteiger charge is -2.06. The van der Waals surface area contributed by atoms with Crippen LogP contribution < -0.4 is 5.73 Å². The Morgan fingerprint density at radius 2 is 2.07 bits per heavy atom. The molecule has 1 aromatic carbocycles. The van der Waals surface area contributed by atoms with Gasteiger partial charge >= 0.3 is 0 Å². The monoisotopic (exact) mass is 202 g/mol. The van der Waals surface area contributed by atoms with Gasteiger partial charge in [-0.3, -0.25) is 4.98 Å². The molecule has 0 saturated carbocycles. The number of aryl methyl sites for hydroxylation is 1. The summed E-state index contributed by atoms with van der Waals surface area (Å²) < 4.78 is 13.1. The molecule has 0 bridgehead atoms. The maximum absolute atomic E-state index is 13.1. The molecule has 0 aliphatic heterocycles. The molecule has 0 aliphatic rings. The molecule has 3 heteroatoms. The molecule has 0 amide bonds. The van der Waals surface area contributed by atoms with Crippen LogP contribution in [-0.4, -0.2) is 4.98 Å². The first kappa shape index (κ1) is 9.65. The van der Waals surface area contributed by atoms with E-state index in [4.69, 9.17) is 5.73 Å². The first-order valence-electron chi connectivity index (χ1n) is 4.64. The maximum Gasteiger partial charge on any atom is 0.125 e. The van der Waals surface area contributed by atoms with Gasteiger partial charge in [-0.15, -0.1) is 0 Å². The van der Waals surface area contributed by atoms with Gasteiger partial charge in [0, 0.05) is 23.6 Å². The molecule has 15 heavy (non-hydrogen) atoms. The zero-order valence-electron chi connectivity index (χ0n) is 8.37. The van der Waals surface area contributed by atoms with E-state index < -0.39 is 0 Å². The molecule has 0 fully saturated rings. The van der Waals surface area contributed by atoms with Gasteiger partial charge in [-0.05, 0) is 42.3 Å². The Morgan fingerprint density at radius 3 is 2.73 bits per heavy atom. The van der Waals surface area contributed by atoms with Crippen molar-refractivity contribution in [2.45, 2.75) is 6.92 Å². The van der Waals surface area contributed by atoms with Gasteiger partial charge in [0.05, 0.1) is 0 Å². The lowest BCUT2D eigenvalue weighted by atomic mass is 10.0. The standard InChI is InChI=1S/C12H11FN2/c1-8-2-3-15-7-12(8)9-4-10(13)6-11(14)5-9/h2-7H,14H2,1H3. The van der Waals surface area contributed by atoms with Crippen molar-refractivity contribution in [3.8, 4) is 11.1 Å². The van der Waals surface area contributed by atoms with Crippen molar-refractivity contribution in [1.82, 2.24) is 4.98 Å². The predicted octanol–water partition coefficient (Wildman–Crippen LogP) is 2.78. The average molecular weight is 202 g/mol. The van der Waals surface area contributed by atoms with E-state index >= 15 is 0 Å². The summed E-state index contributed by atoms with van der Waals surface area (Å²) >= 11 is 0. The molecule has 0 saturated heterocycles. The number of nitrogen functional groups attached to an aromatic ring is 1. The molecular weight excluding hydrogens is 191 g/mol. The second-order valence-electron chi connectivity index (χ2n) is 3.46. The molecule has 0 unspecified atom stereocenters. The van der Waals surface area contributed by atoms with Gasteiger partial charge in [-0.1, -0.05) is 0 Å². The van der Waals surface area contributed by atoms with E-state index in [1.807, 2.05) is 13.0 Å². The van der Waals surface area contributed by atoms with Gasteiger partial charge < -0.3 is 5.73 Å². The summed E-state index contributed by atoms with van der Waals surface area (Å²) in [4.78, 5) is 4.02. The quantitative estimate of drug-likeness (QED) is 0.722. The molecule has 0 radical (unpaired) electrons. The first-order valence-corrected chi connectivity index (χ1v) is 4.64. The Balaban J connectivity index is 2.59. The fourth-order valence-corrected chi connectivity index (χ4v) is 1.53. The van der Waals surface area contributed by atoms with E-state index in [2.05, 4.69) is 4.98 Å². The van der Waals surface area contributed by atoms with Crippen molar-refractivity contribution in [3.63, 3.8) is 0 Å². The molecule has 1 heterocycles. The van der Waals surface area contributed by atoms with Gasteiger partial charge in [0.1, 0.15) is 5.82 Å². The minimum Gasteiger partial charge on any atom is -0.399 e. The van der Waals surface area contributed by atoms with E-state index in [0.29, 0.717) is 5.69 Å². The Morgan fingerprint density at radius 1 is 1.27 bits per heavy atom. The molecular formula is C12H11FN2. The zero-order valence-corrected chi connectivity index (χ0v) is 8.37. The van der Waals surface area contributed by atoms with Crippen LogP contribution in [0.4, 0.5) is 10.1 Å². The fraction of sp³-hybridized carbons (Fsp3) is 0.0833. The predicted molar refractivity (Wildman–Crippen MR) is 58.8 cm³/mol. The van der Waals surface area contributed by atoms with E-state index in [1.54, 1.807) is 18.5 Å². The number of nitrogens with zero attached hydrogens (tertiary/aromatic N) is 1. The van der Waals surface area contributed by atoms with Crippen LogP contribution in [-0.2, 0) is 0 Å². The number of anilines is 1. The van der Waals surface area contributed by atoms with Gasteiger partial charge in [0.15, 0.2) is 0 Å². The van der Waals surface area contributed by atoms with Crippen LogP contribution in [0.1, 0.15) is 5.56 Å². The normalized spacial score (nSPS) is 10.3. The number of aromatic nitrogens is 1. The van der Waals surface area contributed by atoms with Crippen LogP contribution >= 0.6 is 0 Å². The molecule has 2 N–H and O–H groups in total. The van der Waals surface area contributed by atoms with Crippen molar-refractivity contribution < 1.29 is 4.39 Å². The average Bonchev–Trinajstić information content (AvgIpc) is 2.16. The lowest BCUT2D eigenvalue weighted by Crippen LogP contribution is -1.90. The summed E-state index contributed by atoms with van der Waals surface area (Å²) in [6.07, 6.45) is 3.42. The van der Waals surface area contributed by atoms with Crippen molar-refractivity contribution >= 4 is 5.69 Å². The highest BCUT2D eigenvalue weighted by atomic mass is 19.1. The van der Waals surface area contributed by atoms with E-state index in [1.165, 1.54) is 12.1 Å². The van der Waals surface area contributed by atoms with Crippen LogP contribution in [0.15, 0.2) is 36.7 Å². The van der Waals surface area contributed by atoms with Crippen molar-refractivity contribution in [2.75, 3.05) is 5.73 Å². The van der Waals surface area contributed by atoms with Crippen LogP contribution in [0.5, 0.6) is 0 Å². The highest BCUT2D eigenvalue weighted by Crippen LogP contribution is 2.24. The smallest absolute Gasteiger partial charge is 0.125 e. The van der Waals surface area contributed by atoms with E-state index in [0.717, 1.165) is 16.7 Å². The number of benzene rings is 1. The summed E-state index contributed by atoms with van der Waals surface area (Å²) in [6.45, 7) is 1.96. The Labute approximate surface area is 87.6 Å². The summed E-state index contributed by atoms with van der Waals surface area (Å²) in [6, 6.07) is 6.39. The van der Waals surface area contributed by atoms with Gasteiger partial charge in [-0.2, -0.15) is 0 Å². The molecule has 2 nitrogen and oxygen atoms in total. The third kappa shape index (κ3) is 1.96. The third-order valence-corrected chi connectivity index (χ3v) is 2.27. The van der Waals surface area contributed by atoms with Crippen molar-refractivity contribution in [1.29, 1.82) is 0 Å². The Kier molecular flexibility index (Phi) is 2.37. The van der Waals surface area contributed by atoms with Gasteiger partial charge in [-0.25, -0.2) is 4.39 Å². The number of pyridine rings is 1. The maximum atomic E-state index is 13.1. The number of rotatable bonds is 1. The van der Waals surface area contributed by atoms with Gasteiger partial charge in [0.2, 0.25) is 0 Å². The molecule has 0 atom stereocenters. The zero-order chi connectivity index (χ0) is 10.8. The molecule has 76 valence electrons. The Bertz CT molecular complexity index is 474. The fourth-order valence-electron chi connectivity index (χ4n) is 1.53. The number of nitrogens with two attached hydrogens (primary N) is 1. The van der Waals surface area contributed by atoms with E-state index in [-0.39, 0.29) is 5.82 Å². The largest absolute Gasteiger partial charge is 0.399 e. The minimum atomic E-state index is -0.326. The highest BCUT2D eigenvalue weighted by molar-refractivity contribution is 5.69. The number of hydrogen-bond acceptors (Lipinski definition) is 2. The van der Waals surface area contributed by atoms with E-state index in [9.17, 15) is 4.39 Å². The second-order valence-corrected chi connectivity index (χ2v) is 3.46. The first-order chi connectivity index (χ1) is 7.16. The molecule has 1 aromatic heterocycles. The number of hydrogen-bond donors (Lipinski definition) is 1. The summed E-state index contributed by atoms with van der Waals surface area (Å²) in [5.74, 6) is -0.326. The van der Waals surface area contributed by atoms with Crippen LogP contribution in [0.3, 0.4) is 0 Å². The Hall–Kier alpha value is -1.90. The SMILES string of the molecule is Cc1ccncc1-c1cc(N)cc(F)c1. The van der Waals surface area contributed by atoms with Crippen molar-refractivity contribution in [3.05, 3.63) is 48.0 Å². The van der Waals surface area contributed by atoms with Crippen LogP contribution in [0.2, 0.25) is 0 Å². The van der Waals surface area contributed by atoms with Crippen LogP contribution in [0, 0.1) is 12.7 Å². The topological polar surface area (TPSA) is 38.9 Å². The van der Waals surface area contributed by atoms with Crippen molar-refractivity contribution in [2.24, 2.45) is 0 Å². The second kappa shape index (κ2) is 3.69. The molecule has 2 rings (SSSR count). The van der Waals surface area contributed by atoms with Gasteiger partial charge in [0.25, 0.3) is 0 Å². The number of halogens is 1. The third-order valence-electron chi connectivity index (χ3n) is 2.27. The molecule has 0 aliphatic carbocycles. The minimum absolute atomic E-state index is 0.326. The van der Waals surface area contributed by atoms with Crippen LogP contribution in [0.25, 0.3) is 11.1 Å². The summed E-state index contributed by atoms with van der Waals surface area (Å²) in [5.41, 5.74) is 8.73. The highest BCUT2D eigenvalue weighted by Gasteiger charge is 2.04. The lowest BCUT2D eigenvalue weighted by molar-refractivity contribution is 0.629. The molecule has 2 aromatic rings.